The Morgan fingerprint density at radius 3 is 2.03 bits per heavy atom. The van der Waals surface area contributed by atoms with E-state index in [2.05, 4.69) is 0 Å². The fraction of sp³-hybridized carbons (Fsp3) is 0.143. The van der Waals surface area contributed by atoms with Crippen LogP contribution < -0.4 is 5.06 Å². The maximum atomic E-state index is 12.1. The molecule has 1 aliphatic rings. The SMILES string of the molecule is O=[N+]([O-])c1cccc([C@H]2[C@@H]([N+](=O)[O-])[C@H](c3ccccc3)ON2c2ccccc2)c1. The van der Waals surface area contributed by atoms with Crippen LogP contribution in [0.15, 0.2) is 84.9 Å². The Morgan fingerprint density at radius 2 is 1.41 bits per heavy atom. The predicted octanol–water partition coefficient (Wildman–Crippen LogP) is 4.47. The van der Waals surface area contributed by atoms with Gasteiger partial charge >= 0.3 is 0 Å². The molecule has 1 fully saturated rings. The summed E-state index contributed by atoms with van der Waals surface area (Å²) < 4.78 is 0. The Kier molecular flexibility index (Phi) is 4.92. The van der Waals surface area contributed by atoms with Crippen molar-refractivity contribution in [3.63, 3.8) is 0 Å². The van der Waals surface area contributed by atoms with Crippen LogP contribution >= 0.6 is 0 Å². The average Bonchev–Trinajstić information content (AvgIpc) is 3.16. The quantitative estimate of drug-likeness (QED) is 0.470. The first kappa shape index (κ1) is 18.6. The van der Waals surface area contributed by atoms with Gasteiger partial charge in [0.25, 0.3) is 11.7 Å². The number of hydrogen-bond donors (Lipinski definition) is 0. The molecule has 3 atom stereocenters. The lowest BCUT2D eigenvalue weighted by Crippen LogP contribution is -2.32. The highest BCUT2D eigenvalue weighted by Crippen LogP contribution is 2.46. The minimum Gasteiger partial charge on any atom is -0.264 e. The third kappa shape index (κ3) is 3.53. The summed E-state index contributed by atoms with van der Waals surface area (Å²) in [5.74, 6) is 0. The van der Waals surface area contributed by atoms with Gasteiger partial charge in [-0.15, -0.1) is 0 Å². The first-order chi connectivity index (χ1) is 14.1. The zero-order valence-corrected chi connectivity index (χ0v) is 15.2. The normalized spacial score (nSPS) is 21.1. The molecule has 29 heavy (non-hydrogen) atoms. The molecular formula is C21H17N3O5. The fourth-order valence-electron chi connectivity index (χ4n) is 3.63. The molecule has 8 nitrogen and oxygen atoms in total. The van der Waals surface area contributed by atoms with E-state index in [4.69, 9.17) is 4.84 Å². The van der Waals surface area contributed by atoms with Gasteiger partial charge in [-0.2, -0.15) is 0 Å². The minimum absolute atomic E-state index is 0.124. The van der Waals surface area contributed by atoms with E-state index in [0.29, 0.717) is 16.8 Å². The number of non-ortho nitro benzene ring substituents is 1. The van der Waals surface area contributed by atoms with Gasteiger partial charge < -0.3 is 0 Å². The highest BCUT2D eigenvalue weighted by atomic mass is 16.7. The Labute approximate surface area is 166 Å². The van der Waals surface area contributed by atoms with Crippen molar-refractivity contribution >= 4 is 11.4 Å². The minimum atomic E-state index is -1.15. The van der Waals surface area contributed by atoms with Crippen LogP contribution in [0.25, 0.3) is 0 Å². The second-order valence-electron chi connectivity index (χ2n) is 6.67. The molecule has 0 amide bonds. The number of benzene rings is 3. The molecule has 1 heterocycles. The number of hydroxylamine groups is 1. The van der Waals surface area contributed by atoms with Gasteiger partial charge in [0.05, 0.1) is 10.6 Å². The van der Waals surface area contributed by atoms with Crippen LogP contribution in [-0.2, 0) is 4.84 Å². The molecule has 4 rings (SSSR count). The van der Waals surface area contributed by atoms with Crippen molar-refractivity contribution in [2.24, 2.45) is 0 Å². The number of rotatable bonds is 5. The molecule has 0 N–H and O–H groups in total. The van der Waals surface area contributed by atoms with Gasteiger partial charge in [0, 0.05) is 17.1 Å². The van der Waals surface area contributed by atoms with E-state index in [0.717, 1.165) is 0 Å². The molecule has 3 aromatic rings. The van der Waals surface area contributed by atoms with E-state index in [9.17, 15) is 20.2 Å². The number of hydrogen-bond acceptors (Lipinski definition) is 6. The molecule has 146 valence electrons. The number of nitro benzene ring substituents is 1. The van der Waals surface area contributed by atoms with Crippen LogP contribution in [0.3, 0.4) is 0 Å². The van der Waals surface area contributed by atoms with Crippen LogP contribution in [0, 0.1) is 20.2 Å². The fourth-order valence-corrected chi connectivity index (χ4v) is 3.63. The van der Waals surface area contributed by atoms with Crippen LogP contribution in [0.5, 0.6) is 0 Å². The molecule has 0 aliphatic carbocycles. The summed E-state index contributed by atoms with van der Waals surface area (Å²) in [6, 6.07) is 21.9. The Morgan fingerprint density at radius 1 is 0.793 bits per heavy atom. The van der Waals surface area contributed by atoms with Crippen molar-refractivity contribution in [3.05, 3.63) is 116 Å². The molecule has 0 unspecified atom stereocenters. The topological polar surface area (TPSA) is 98.8 Å². The van der Waals surface area contributed by atoms with Crippen molar-refractivity contribution in [1.29, 1.82) is 0 Å². The Balaban J connectivity index is 1.86. The zero-order valence-electron chi connectivity index (χ0n) is 15.2. The van der Waals surface area contributed by atoms with Crippen molar-refractivity contribution in [2.75, 3.05) is 5.06 Å². The standard InChI is InChI=1S/C21H17N3O5/c25-23(26)18-13-7-10-16(14-18)19-20(24(27)28)21(15-8-3-1-4-9-15)29-22(19)17-11-5-2-6-12-17/h1-14,19-21H/t19-,20+,21-/m0/s1. The molecule has 0 aromatic heterocycles. The average molecular weight is 391 g/mol. The van der Waals surface area contributed by atoms with Gasteiger partial charge in [0.2, 0.25) is 0 Å². The summed E-state index contributed by atoms with van der Waals surface area (Å²) >= 11 is 0. The Hall–Kier alpha value is -3.78. The molecule has 1 aliphatic heterocycles. The summed E-state index contributed by atoms with van der Waals surface area (Å²) in [4.78, 5) is 28.6. The van der Waals surface area contributed by atoms with Crippen molar-refractivity contribution in [1.82, 2.24) is 0 Å². The van der Waals surface area contributed by atoms with Gasteiger partial charge in [0.15, 0.2) is 12.1 Å². The summed E-state index contributed by atoms with van der Waals surface area (Å²) in [6.45, 7) is 0. The lowest BCUT2D eigenvalue weighted by Gasteiger charge is -2.24. The van der Waals surface area contributed by atoms with E-state index in [-0.39, 0.29) is 10.6 Å². The maximum absolute atomic E-state index is 12.1. The van der Waals surface area contributed by atoms with Crippen LogP contribution in [-0.4, -0.2) is 15.9 Å². The summed E-state index contributed by atoms with van der Waals surface area (Å²) in [5.41, 5.74) is 1.63. The molecule has 3 aromatic carbocycles. The largest absolute Gasteiger partial charge is 0.272 e. The summed E-state index contributed by atoms with van der Waals surface area (Å²) in [7, 11) is 0. The molecule has 0 radical (unpaired) electrons. The van der Waals surface area contributed by atoms with Gasteiger partial charge in [-0.3, -0.25) is 25.1 Å². The summed E-state index contributed by atoms with van der Waals surface area (Å²) in [5, 5.41) is 24.9. The second kappa shape index (κ2) is 7.69. The first-order valence-corrected chi connectivity index (χ1v) is 9.00. The summed E-state index contributed by atoms with van der Waals surface area (Å²) in [6.07, 6.45) is -0.837. The highest BCUT2D eigenvalue weighted by Gasteiger charge is 2.53. The second-order valence-corrected chi connectivity index (χ2v) is 6.67. The lowest BCUT2D eigenvalue weighted by atomic mass is 9.92. The number of nitro groups is 2. The third-order valence-corrected chi connectivity index (χ3v) is 4.92. The van der Waals surface area contributed by atoms with Gasteiger partial charge in [-0.1, -0.05) is 60.7 Å². The number of para-hydroxylation sites is 1. The number of anilines is 1. The van der Waals surface area contributed by atoms with Crippen molar-refractivity contribution in [2.45, 2.75) is 18.2 Å². The molecule has 0 saturated carbocycles. The smallest absolute Gasteiger partial charge is 0.264 e. The van der Waals surface area contributed by atoms with E-state index in [1.807, 2.05) is 12.1 Å². The van der Waals surface area contributed by atoms with E-state index in [1.165, 1.54) is 23.3 Å². The van der Waals surface area contributed by atoms with Crippen LogP contribution in [0.2, 0.25) is 0 Å². The van der Waals surface area contributed by atoms with Gasteiger partial charge in [0.1, 0.15) is 0 Å². The Bertz CT molecular complexity index is 1030. The van der Waals surface area contributed by atoms with Gasteiger partial charge in [-0.25, -0.2) is 5.06 Å². The molecular weight excluding hydrogens is 374 g/mol. The first-order valence-electron chi connectivity index (χ1n) is 9.00. The number of nitrogens with zero attached hydrogens (tertiary/aromatic N) is 3. The van der Waals surface area contributed by atoms with Gasteiger partial charge in [-0.05, 0) is 23.3 Å². The molecule has 0 spiro atoms. The molecule has 8 heteroatoms. The van der Waals surface area contributed by atoms with E-state index in [1.54, 1.807) is 54.6 Å². The molecule has 0 bridgehead atoms. The third-order valence-electron chi connectivity index (χ3n) is 4.92. The molecule has 1 saturated heterocycles. The maximum Gasteiger partial charge on any atom is 0.272 e. The van der Waals surface area contributed by atoms with E-state index < -0.39 is 23.1 Å². The van der Waals surface area contributed by atoms with Crippen molar-refractivity contribution in [3.8, 4) is 0 Å². The van der Waals surface area contributed by atoms with Crippen LogP contribution in [0.4, 0.5) is 11.4 Å². The zero-order chi connectivity index (χ0) is 20.4. The van der Waals surface area contributed by atoms with Crippen molar-refractivity contribution < 1.29 is 14.7 Å². The van der Waals surface area contributed by atoms with Crippen LogP contribution in [0.1, 0.15) is 23.3 Å². The highest BCUT2D eigenvalue weighted by molar-refractivity contribution is 5.50. The van der Waals surface area contributed by atoms with E-state index >= 15 is 0 Å². The lowest BCUT2D eigenvalue weighted by molar-refractivity contribution is -0.531. The monoisotopic (exact) mass is 391 g/mol. The predicted molar refractivity (Wildman–Crippen MR) is 106 cm³/mol.